The Morgan fingerprint density at radius 1 is 1.10 bits per heavy atom. The van der Waals surface area contributed by atoms with Crippen molar-refractivity contribution in [2.45, 2.75) is 50.2 Å². The number of H-pyrrole nitrogens is 1. The maximum absolute atomic E-state index is 13.8. The first-order valence-electron chi connectivity index (χ1n) is 12.6. The van der Waals surface area contributed by atoms with Crippen LogP contribution in [-0.2, 0) is 33.8 Å². The zero-order chi connectivity index (χ0) is 28.9. The van der Waals surface area contributed by atoms with Gasteiger partial charge < -0.3 is 15.0 Å². The van der Waals surface area contributed by atoms with Crippen molar-refractivity contribution < 1.29 is 35.9 Å². The molecule has 212 valence electrons. The van der Waals surface area contributed by atoms with Gasteiger partial charge in [-0.25, -0.2) is 0 Å². The lowest BCUT2D eigenvalue weighted by molar-refractivity contribution is -0.145. The van der Waals surface area contributed by atoms with Gasteiger partial charge in [-0.15, -0.1) is 0 Å². The molecule has 4 aromatic rings. The number of halogens is 6. The number of alkyl halides is 6. The molecule has 1 fully saturated rings. The Labute approximate surface area is 225 Å². The van der Waals surface area contributed by atoms with Gasteiger partial charge in [0.2, 0.25) is 5.91 Å². The van der Waals surface area contributed by atoms with Gasteiger partial charge in [-0.2, -0.15) is 31.4 Å². The summed E-state index contributed by atoms with van der Waals surface area (Å²) in [7, 11) is 1.32. The van der Waals surface area contributed by atoms with Gasteiger partial charge in [0.05, 0.1) is 11.3 Å². The summed E-state index contributed by atoms with van der Waals surface area (Å²) < 4.78 is 88.5. The number of carbonyl (C=O) groups is 1. The number of hydrogen-bond acceptors (Lipinski definition) is 3. The third-order valence-electron chi connectivity index (χ3n) is 7.39. The van der Waals surface area contributed by atoms with E-state index in [1.807, 2.05) is 25.1 Å². The van der Waals surface area contributed by atoms with Crippen LogP contribution >= 0.6 is 0 Å². The summed E-state index contributed by atoms with van der Waals surface area (Å²) in [5, 5.41) is 7.11. The second kappa shape index (κ2) is 9.99. The maximum atomic E-state index is 13.8. The Balaban J connectivity index is 1.58. The molecular formula is C28H26F6N4O2. The predicted octanol–water partition coefficient (Wildman–Crippen LogP) is 6.62. The van der Waals surface area contributed by atoms with Crippen LogP contribution in [0, 0.1) is 0 Å². The molecule has 5 rings (SSSR count). The molecule has 1 saturated heterocycles. The van der Waals surface area contributed by atoms with Gasteiger partial charge in [0.25, 0.3) is 0 Å². The molecule has 1 aliphatic rings. The minimum Gasteiger partial charge on any atom is -0.372 e. The van der Waals surface area contributed by atoms with Crippen LogP contribution < -0.4 is 5.32 Å². The van der Waals surface area contributed by atoms with Crippen molar-refractivity contribution in [2.24, 2.45) is 0 Å². The number of carbonyl (C=O) groups excluding carboxylic acids is 1. The van der Waals surface area contributed by atoms with Crippen molar-refractivity contribution >= 4 is 16.8 Å². The number of para-hydroxylation sites is 1. The van der Waals surface area contributed by atoms with Gasteiger partial charge in [-0.3, -0.25) is 9.48 Å². The second-order valence-electron chi connectivity index (χ2n) is 10.2. The third-order valence-corrected chi connectivity index (χ3v) is 7.39. The molecule has 2 N–H and O–H groups in total. The molecule has 2 atom stereocenters. The fourth-order valence-electron chi connectivity index (χ4n) is 5.32. The Hall–Kier alpha value is -3.80. The lowest BCUT2D eigenvalue weighted by atomic mass is 9.74. The normalized spacial score (nSPS) is 20.1. The minimum absolute atomic E-state index is 0.0267. The number of amides is 1. The lowest BCUT2D eigenvalue weighted by Gasteiger charge is -2.38. The Bertz CT molecular complexity index is 1550. The molecule has 0 radical (unpaired) electrons. The summed E-state index contributed by atoms with van der Waals surface area (Å²) in [6, 6.07) is 13.2. The molecule has 40 heavy (non-hydrogen) atoms. The fraction of sp³-hybridized carbons (Fsp3) is 0.357. The Kier molecular flexibility index (Phi) is 6.93. The van der Waals surface area contributed by atoms with E-state index in [2.05, 4.69) is 15.4 Å². The van der Waals surface area contributed by atoms with Gasteiger partial charge in [0.15, 0.2) is 0 Å². The van der Waals surface area contributed by atoms with Crippen LogP contribution in [0.3, 0.4) is 0 Å². The summed E-state index contributed by atoms with van der Waals surface area (Å²) in [5.74, 6) is -0.640. The molecular weight excluding hydrogens is 538 g/mol. The van der Waals surface area contributed by atoms with Crippen LogP contribution in [-0.4, -0.2) is 34.3 Å². The van der Waals surface area contributed by atoms with Gasteiger partial charge in [-0.05, 0) is 42.7 Å². The van der Waals surface area contributed by atoms with Crippen molar-refractivity contribution in [2.75, 3.05) is 13.7 Å². The van der Waals surface area contributed by atoms with Crippen LogP contribution in [0.4, 0.5) is 26.3 Å². The highest BCUT2D eigenvalue weighted by molar-refractivity contribution is 5.98. The summed E-state index contributed by atoms with van der Waals surface area (Å²) >= 11 is 0. The number of ether oxygens (including phenoxy) is 1. The first-order valence-corrected chi connectivity index (χ1v) is 12.6. The Morgan fingerprint density at radius 2 is 1.85 bits per heavy atom. The van der Waals surface area contributed by atoms with Gasteiger partial charge in [0, 0.05) is 41.2 Å². The first kappa shape index (κ1) is 27.8. The van der Waals surface area contributed by atoms with Gasteiger partial charge in [0.1, 0.15) is 18.3 Å². The molecule has 12 heteroatoms. The molecule has 3 heterocycles. The maximum Gasteiger partial charge on any atom is 0.433 e. The zero-order valence-electron chi connectivity index (χ0n) is 21.6. The predicted molar refractivity (Wildman–Crippen MR) is 135 cm³/mol. The molecule has 0 saturated carbocycles. The number of likely N-dealkylation sites (N-methyl/N-ethyl adjacent to an activating group) is 1. The first-order chi connectivity index (χ1) is 18.8. The van der Waals surface area contributed by atoms with E-state index < -0.39 is 47.6 Å². The van der Waals surface area contributed by atoms with E-state index in [-0.39, 0.29) is 18.7 Å². The topological polar surface area (TPSA) is 71.9 Å². The van der Waals surface area contributed by atoms with Crippen LogP contribution in [0.1, 0.15) is 48.5 Å². The van der Waals surface area contributed by atoms with Crippen molar-refractivity contribution in [3.63, 3.8) is 0 Å². The standard InChI is InChI=1S/C28H26F6N4O2/c1-26(10-11-40-21(14-26)20-13-22(28(32,33)34)38(37-20)15-23(39)35-2)25-24(18-8-3-4-9-19(18)36-25)16-6-5-7-17(12-16)27(29,30)31/h3-9,12-13,21,36H,10-11,14-15H2,1-2H3,(H,35,39). The quantitative estimate of drug-likeness (QED) is 0.268. The number of aromatic nitrogens is 3. The van der Waals surface area contributed by atoms with E-state index in [1.54, 1.807) is 12.1 Å². The minimum atomic E-state index is -4.74. The molecule has 0 bridgehead atoms. The van der Waals surface area contributed by atoms with E-state index >= 15 is 0 Å². The molecule has 1 aliphatic heterocycles. The van der Waals surface area contributed by atoms with Gasteiger partial charge in [-0.1, -0.05) is 37.3 Å². The number of rotatable bonds is 5. The van der Waals surface area contributed by atoms with Crippen molar-refractivity contribution in [1.29, 1.82) is 0 Å². The third kappa shape index (κ3) is 5.19. The summed E-state index contributed by atoms with van der Waals surface area (Å²) in [6.07, 6.45) is -9.44. The van der Waals surface area contributed by atoms with E-state index in [4.69, 9.17) is 4.74 Å². The zero-order valence-corrected chi connectivity index (χ0v) is 21.6. The van der Waals surface area contributed by atoms with E-state index in [1.165, 1.54) is 13.1 Å². The molecule has 2 aromatic carbocycles. The lowest BCUT2D eigenvalue weighted by Crippen LogP contribution is -2.33. The number of hydrogen-bond donors (Lipinski definition) is 2. The average Bonchev–Trinajstić information content (AvgIpc) is 3.51. The van der Waals surface area contributed by atoms with E-state index in [0.717, 1.165) is 29.1 Å². The van der Waals surface area contributed by atoms with Crippen molar-refractivity contribution in [1.82, 2.24) is 20.1 Å². The van der Waals surface area contributed by atoms with Crippen LogP contribution in [0.2, 0.25) is 0 Å². The second-order valence-corrected chi connectivity index (χ2v) is 10.2. The van der Waals surface area contributed by atoms with Crippen LogP contribution in [0.5, 0.6) is 0 Å². The number of aromatic amines is 1. The molecule has 1 amide bonds. The van der Waals surface area contributed by atoms with Crippen molar-refractivity contribution in [3.8, 4) is 11.1 Å². The number of benzene rings is 2. The molecule has 2 aromatic heterocycles. The summed E-state index contributed by atoms with van der Waals surface area (Å²) in [5.41, 5.74) is -0.167. The Morgan fingerprint density at radius 3 is 2.55 bits per heavy atom. The SMILES string of the molecule is CNC(=O)Cn1nc(C2CC(C)(c3[nH]c4ccccc4c3-c3cccc(C(F)(F)F)c3)CCO2)cc1C(F)(F)F. The number of fused-ring (bicyclic) bond motifs is 1. The highest BCUT2D eigenvalue weighted by Crippen LogP contribution is 2.48. The van der Waals surface area contributed by atoms with Crippen LogP contribution in [0.15, 0.2) is 54.6 Å². The smallest absolute Gasteiger partial charge is 0.372 e. The van der Waals surface area contributed by atoms with Crippen molar-refractivity contribution in [3.05, 3.63) is 77.2 Å². The molecule has 0 aliphatic carbocycles. The summed E-state index contributed by atoms with van der Waals surface area (Å²) in [4.78, 5) is 15.2. The highest BCUT2D eigenvalue weighted by atomic mass is 19.4. The highest BCUT2D eigenvalue weighted by Gasteiger charge is 2.42. The molecule has 0 spiro atoms. The summed E-state index contributed by atoms with van der Waals surface area (Å²) in [6.45, 7) is 1.48. The number of nitrogens with one attached hydrogen (secondary N) is 2. The monoisotopic (exact) mass is 564 g/mol. The number of nitrogens with zero attached hydrogens (tertiary/aromatic N) is 2. The van der Waals surface area contributed by atoms with Crippen LogP contribution in [0.25, 0.3) is 22.0 Å². The average molecular weight is 565 g/mol. The molecule has 6 nitrogen and oxygen atoms in total. The van der Waals surface area contributed by atoms with E-state index in [9.17, 15) is 31.1 Å². The fourth-order valence-corrected chi connectivity index (χ4v) is 5.32. The van der Waals surface area contributed by atoms with Gasteiger partial charge >= 0.3 is 12.4 Å². The van der Waals surface area contributed by atoms with E-state index in [0.29, 0.717) is 27.9 Å². The molecule has 2 unspecified atom stereocenters. The largest absolute Gasteiger partial charge is 0.433 e.